The first-order chi connectivity index (χ1) is 9.16. The molecule has 0 radical (unpaired) electrons. The van der Waals surface area contributed by atoms with Crippen LogP contribution in [0.5, 0.6) is 0 Å². The number of carbonyl (C=O) groups is 1. The minimum atomic E-state index is -0.138. The number of hydrogen-bond donors (Lipinski definition) is 1. The molecule has 2 atom stereocenters. The summed E-state index contributed by atoms with van der Waals surface area (Å²) in [7, 11) is 0. The van der Waals surface area contributed by atoms with Gasteiger partial charge in [-0.2, -0.15) is 0 Å². The summed E-state index contributed by atoms with van der Waals surface area (Å²) in [5, 5.41) is 0. The van der Waals surface area contributed by atoms with Gasteiger partial charge in [0.05, 0.1) is 5.92 Å². The Morgan fingerprint density at radius 3 is 2.84 bits per heavy atom. The number of likely N-dealkylation sites (tertiary alicyclic amines) is 1. The van der Waals surface area contributed by atoms with Crippen molar-refractivity contribution in [2.24, 2.45) is 11.7 Å². The zero-order valence-corrected chi connectivity index (χ0v) is 11.7. The first-order valence-electron chi connectivity index (χ1n) is 7.23. The van der Waals surface area contributed by atoms with E-state index in [2.05, 4.69) is 42.2 Å². The van der Waals surface area contributed by atoms with E-state index < -0.39 is 0 Å². The summed E-state index contributed by atoms with van der Waals surface area (Å²) in [6.45, 7) is 5.27. The Balaban J connectivity index is 1.80. The Morgan fingerprint density at radius 2 is 2.16 bits per heavy atom. The van der Waals surface area contributed by atoms with E-state index >= 15 is 0 Å². The molecule has 1 heterocycles. The predicted octanol–water partition coefficient (Wildman–Crippen LogP) is 2.38. The van der Waals surface area contributed by atoms with Gasteiger partial charge in [0.2, 0.25) is 5.91 Å². The number of benzene rings is 1. The molecule has 1 aromatic carbocycles. The Bertz CT molecular complexity index is 404. The third-order valence-corrected chi connectivity index (χ3v) is 4.15. The standard InChI is InChI=1S/C16H24N2O/c1-13(14-6-3-2-4-7-14)9-11-18-10-5-8-15(12-18)16(17)19/h2-4,6-7,13,15H,5,8-12H2,1H3,(H2,17,19)/t13-,15-/m1/s1. The minimum absolute atomic E-state index is 0.0563. The maximum Gasteiger partial charge on any atom is 0.221 e. The Hall–Kier alpha value is -1.35. The average molecular weight is 260 g/mol. The fraction of sp³-hybridized carbons (Fsp3) is 0.562. The van der Waals surface area contributed by atoms with E-state index in [0.29, 0.717) is 5.92 Å². The summed E-state index contributed by atoms with van der Waals surface area (Å²) >= 11 is 0. The number of nitrogens with two attached hydrogens (primary N) is 1. The molecule has 0 spiro atoms. The highest BCUT2D eigenvalue weighted by Gasteiger charge is 2.23. The zero-order chi connectivity index (χ0) is 13.7. The SMILES string of the molecule is C[C@H](CCN1CCC[C@@H](C(N)=O)C1)c1ccccc1. The smallest absolute Gasteiger partial charge is 0.221 e. The third-order valence-electron chi connectivity index (χ3n) is 4.15. The van der Waals surface area contributed by atoms with Gasteiger partial charge >= 0.3 is 0 Å². The van der Waals surface area contributed by atoms with Gasteiger partial charge in [0.15, 0.2) is 0 Å². The van der Waals surface area contributed by atoms with Gasteiger partial charge in [0.25, 0.3) is 0 Å². The number of hydrogen-bond acceptors (Lipinski definition) is 2. The van der Waals surface area contributed by atoms with Gasteiger partial charge in [0, 0.05) is 6.54 Å². The highest BCUT2D eigenvalue weighted by molar-refractivity contribution is 5.76. The van der Waals surface area contributed by atoms with Gasteiger partial charge in [-0.25, -0.2) is 0 Å². The molecule has 19 heavy (non-hydrogen) atoms. The molecule has 1 saturated heterocycles. The van der Waals surface area contributed by atoms with Crippen molar-refractivity contribution in [3.8, 4) is 0 Å². The number of piperidine rings is 1. The van der Waals surface area contributed by atoms with Crippen LogP contribution in [-0.2, 0) is 4.79 Å². The molecule has 1 amide bonds. The van der Waals surface area contributed by atoms with E-state index in [4.69, 9.17) is 5.73 Å². The lowest BCUT2D eigenvalue weighted by molar-refractivity contribution is -0.123. The third kappa shape index (κ3) is 4.06. The molecule has 1 aromatic rings. The van der Waals surface area contributed by atoms with Crippen molar-refractivity contribution in [2.75, 3.05) is 19.6 Å². The van der Waals surface area contributed by atoms with Crippen molar-refractivity contribution in [1.82, 2.24) is 4.90 Å². The van der Waals surface area contributed by atoms with Gasteiger partial charge in [-0.05, 0) is 43.8 Å². The number of primary amides is 1. The second kappa shape index (κ2) is 6.71. The fourth-order valence-electron chi connectivity index (χ4n) is 2.82. The fourth-order valence-corrected chi connectivity index (χ4v) is 2.82. The molecule has 0 bridgehead atoms. The molecular weight excluding hydrogens is 236 g/mol. The van der Waals surface area contributed by atoms with Crippen LogP contribution in [0.25, 0.3) is 0 Å². The van der Waals surface area contributed by atoms with Crippen LogP contribution in [0, 0.1) is 5.92 Å². The number of carbonyl (C=O) groups excluding carboxylic acids is 1. The predicted molar refractivity (Wildman–Crippen MR) is 77.8 cm³/mol. The molecule has 0 aromatic heterocycles. The van der Waals surface area contributed by atoms with Crippen LogP contribution in [0.2, 0.25) is 0 Å². The van der Waals surface area contributed by atoms with E-state index in [0.717, 1.165) is 38.9 Å². The van der Waals surface area contributed by atoms with Crippen molar-refractivity contribution in [1.29, 1.82) is 0 Å². The first-order valence-corrected chi connectivity index (χ1v) is 7.23. The van der Waals surface area contributed by atoms with Gasteiger partial charge in [0.1, 0.15) is 0 Å². The van der Waals surface area contributed by atoms with Crippen molar-refractivity contribution >= 4 is 5.91 Å². The molecule has 2 N–H and O–H groups in total. The molecule has 3 nitrogen and oxygen atoms in total. The highest BCUT2D eigenvalue weighted by atomic mass is 16.1. The van der Waals surface area contributed by atoms with Crippen LogP contribution in [0.1, 0.15) is 37.7 Å². The molecule has 0 saturated carbocycles. The minimum Gasteiger partial charge on any atom is -0.369 e. The summed E-state index contributed by atoms with van der Waals surface area (Å²) in [6, 6.07) is 10.6. The normalized spacial score (nSPS) is 22.1. The van der Waals surface area contributed by atoms with E-state index in [-0.39, 0.29) is 11.8 Å². The van der Waals surface area contributed by atoms with E-state index in [1.807, 2.05) is 0 Å². The maximum absolute atomic E-state index is 11.3. The highest BCUT2D eigenvalue weighted by Crippen LogP contribution is 2.21. The zero-order valence-electron chi connectivity index (χ0n) is 11.7. The number of nitrogens with zero attached hydrogens (tertiary/aromatic N) is 1. The monoisotopic (exact) mass is 260 g/mol. The van der Waals surface area contributed by atoms with Crippen LogP contribution in [0.15, 0.2) is 30.3 Å². The average Bonchev–Trinajstić information content (AvgIpc) is 2.46. The van der Waals surface area contributed by atoms with Gasteiger partial charge < -0.3 is 10.6 Å². The molecule has 1 aliphatic rings. The van der Waals surface area contributed by atoms with E-state index in [1.165, 1.54) is 5.56 Å². The molecule has 3 heteroatoms. The van der Waals surface area contributed by atoms with E-state index in [9.17, 15) is 4.79 Å². The molecule has 104 valence electrons. The molecule has 2 rings (SSSR count). The quantitative estimate of drug-likeness (QED) is 0.883. The topological polar surface area (TPSA) is 46.3 Å². The van der Waals surface area contributed by atoms with Crippen LogP contribution >= 0.6 is 0 Å². The van der Waals surface area contributed by atoms with Gasteiger partial charge in [-0.15, -0.1) is 0 Å². The maximum atomic E-state index is 11.3. The van der Waals surface area contributed by atoms with Crippen molar-refractivity contribution in [3.05, 3.63) is 35.9 Å². The second-order valence-corrected chi connectivity index (χ2v) is 5.64. The van der Waals surface area contributed by atoms with Crippen molar-refractivity contribution in [3.63, 3.8) is 0 Å². The van der Waals surface area contributed by atoms with Crippen LogP contribution in [-0.4, -0.2) is 30.4 Å². The van der Waals surface area contributed by atoms with Crippen LogP contribution in [0.4, 0.5) is 0 Å². The molecular formula is C16H24N2O. The van der Waals surface area contributed by atoms with Crippen LogP contribution < -0.4 is 5.73 Å². The molecule has 1 aliphatic heterocycles. The molecule has 1 fully saturated rings. The first kappa shape index (κ1) is 14.1. The summed E-state index contributed by atoms with van der Waals surface area (Å²) in [4.78, 5) is 13.6. The Labute approximate surface area is 115 Å². The Morgan fingerprint density at radius 1 is 1.42 bits per heavy atom. The second-order valence-electron chi connectivity index (χ2n) is 5.64. The summed E-state index contributed by atoms with van der Waals surface area (Å²) < 4.78 is 0. The Kier molecular flexibility index (Phi) is 4.97. The lowest BCUT2D eigenvalue weighted by Crippen LogP contribution is -2.41. The summed E-state index contributed by atoms with van der Waals surface area (Å²) in [6.07, 6.45) is 3.18. The van der Waals surface area contributed by atoms with Gasteiger partial charge in [-0.3, -0.25) is 4.79 Å². The van der Waals surface area contributed by atoms with E-state index in [1.54, 1.807) is 0 Å². The lowest BCUT2D eigenvalue weighted by Gasteiger charge is -2.31. The summed E-state index contributed by atoms with van der Waals surface area (Å²) in [5.74, 6) is 0.483. The number of rotatable bonds is 5. The molecule has 0 aliphatic carbocycles. The summed E-state index contributed by atoms with van der Waals surface area (Å²) in [5.41, 5.74) is 6.81. The molecule has 0 unspecified atom stereocenters. The number of amides is 1. The van der Waals surface area contributed by atoms with Crippen molar-refractivity contribution in [2.45, 2.75) is 32.1 Å². The van der Waals surface area contributed by atoms with Crippen molar-refractivity contribution < 1.29 is 4.79 Å². The largest absolute Gasteiger partial charge is 0.369 e. The van der Waals surface area contributed by atoms with Crippen LogP contribution in [0.3, 0.4) is 0 Å². The van der Waals surface area contributed by atoms with Gasteiger partial charge in [-0.1, -0.05) is 37.3 Å². The lowest BCUT2D eigenvalue weighted by atomic mass is 9.95.